The summed E-state index contributed by atoms with van der Waals surface area (Å²) in [7, 11) is -3.93. The van der Waals surface area contributed by atoms with Crippen molar-refractivity contribution in [2.45, 2.75) is 31.2 Å². The molecule has 34 heavy (non-hydrogen) atoms. The van der Waals surface area contributed by atoms with Crippen molar-refractivity contribution in [1.82, 2.24) is 10.3 Å². The number of aromatic nitrogens is 1. The number of aromatic amines is 1. The summed E-state index contributed by atoms with van der Waals surface area (Å²) >= 11 is 0. The summed E-state index contributed by atoms with van der Waals surface area (Å²) in [5.41, 5.74) is 2.22. The van der Waals surface area contributed by atoms with E-state index in [-0.39, 0.29) is 21.9 Å². The van der Waals surface area contributed by atoms with Crippen LogP contribution in [0.3, 0.4) is 0 Å². The lowest BCUT2D eigenvalue weighted by Crippen LogP contribution is -2.31. The van der Waals surface area contributed by atoms with Crippen molar-refractivity contribution in [1.29, 1.82) is 0 Å². The minimum Gasteiger partial charge on any atom is -0.360 e. The minimum absolute atomic E-state index is 0.0692. The third-order valence-corrected chi connectivity index (χ3v) is 7.05. The predicted molar refractivity (Wildman–Crippen MR) is 134 cm³/mol. The number of sulfonamides is 1. The zero-order chi connectivity index (χ0) is 24.3. The van der Waals surface area contributed by atoms with Crippen LogP contribution in [0.15, 0.2) is 88.7 Å². The van der Waals surface area contributed by atoms with E-state index in [0.717, 1.165) is 17.5 Å². The second-order valence-corrected chi connectivity index (χ2v) is 9.68. The fourth-order valence-corrected chi connectivity index (χ4v) is 4.74. The summed E-state index contributed by atoms with van der Waals surface area (Å²) < 4.78 is 28.4. The molecule has 0 fully saturated rings. The van der Waals surface area contributed by atoms with Crippen molar-refractivity contribution < 1.29 is 13.2 Å². The molecule has 1 unspecified atom stereocenters. The first kappa shape index (κ1) is 23.3. The normalized spacial score (nSPS) is 12.3. The molecule has 4 rings (SSSR count). The molecule has 3 N–H and O–H groups in total. The van der Waals surface area contributed by atoms with Crippen molar-refractivity contribution in [3.05, 3.63) is 106 Å². The molecule has 3 aromatic carbocycles. The van der Waals surface area contributed by atoms with Gasteiger partial charge in [0.25, 0.3) is 15.9 Å². The standard InChI is InChI=1S/C26H25N3O4S/c1-3-18-9-11-20(12-10-18)29-34(32,33)21-13-14-24-22(15-21)25(30)23(16-27-24)26(31)28-17(2)19-7-5-4-6-8-19/h4-17,29H,3H2,1-2H3,(H,27,30)(H,28,31). The molecule has 7 nitrogen and oxygen atoms in total. The molecule has 0 bridgehead atoms. The Kier molecular flexibility index (Phi) is 6.51. The fraction of sp³-hybridized carbons (Fsp3) is 0.154. The van der Waals surface area contributed by atoms with E-state index in [9.17, 15) is 18.0 Å². The van der Waals surface area contributed by atoms with Crippen LogP contribution in [0.25, 0.3) is 10.9 Å². The highest BCUT2D eigenvalue weighted by Crippen LogP contribution is 2.20. The third kappa shape index (κ3) is 4.87. The molecule has 0 aliphatic heterocycles. The van der Waals surface area contributed by atoms with E-state index in [4.69, 9.17) is 0 Å². The Morgan fingerprint density at radius 3 is 2.38 bits per heavy atom. The lowest BCUT2D eigenvalue weighted by atomic mass is 10.1. The van der Waals surface area contributed by atoms with Gasteiger partial charge in [-0.05, 0) is 54.8 Å². The Morgan fingerprint density at radius 1 is 1.00 bits per heavy atom. The highest BCUT2D eigenvalue weighted by Gasteiger charge is 2.19. The Hall–Kier alpha value is -3.91. The molecule has 0 radical (unpaired) electrons. The first-order valence-electron chi connectivity index (χ1n) is 10.9. The number of amides is 1. The summed E-state index contributed by atoms with van der Waals surface area (Å²) in [4.78, 5) is 28.8. The molecule has 0 spiro atoms. The van der Waals surface area contributed by atoms with Gasteiger partial charge in [0.15, 0.2) is 0 Å². The summed E-state index contributed by atoms with van der Waals surface area (Å²) in [6.45, 7) is 3.84. The molecule has 0 aliphatic carbocycles. The topological polar surface area (TPSA) is 108 Å². The lowest BCUT2D eigenvalue weighted by Gasteiger charge is -2.14. The quantitative estimate of drug-likeness (QED) is 0.369. The van der Waals surface area contributed by atoms with Crippen molar-refractivity contribution in [2.75, 3.05) is 4.72 Å². The minimum atomic E-state index is -3.93. The largest absolute Gasteiger partial charge is 0.360 e. The van der Waals surface area contributed by atoms with Gasteiger partial charge in [0, 0.05) is 22.8 Å². The molecule has 1 amide bonds. The van der Waals surface area contributed by atoms with E-state index in [0.29, 0.717) is 11.2 Å². The van der Waals surface area contributed by atoms with Crippen LogP contribution in [0.2, 0.25) is 0 Å². The average molecular weight is 476 g/mol. The van der Waals surface area contributed by atoms with Gasteiger partial charge in [-0.25, -0.2) is 8.42 Å². The van der Waals surface area contributed by atoms with Gasteiger partial charge in [-0.15, -0.1) is 0 Å². The number of fused-ring (bicyclic) bond motifs is 1. The van der Waals surface area contributed by atoms with Crippen molar-refractivity contribution in [3.63, 3.8) is 0 Å². The molecular weight excluding hydrogens is 450 g/mol. The SMILES string of the molecule is CCc1ccc(NS(=O)(=O)c2ccc3[nH]cc(C(=O)NC(C)c4ccccc4)c(=O)c3c2)cc1. The van der Waals surface area contributed by atoms with E-state index in [1.165, 1.54) is 24.4 Å². The number of H-pyrrole nitrogens is 1. The Labute approximate surface area is 197 Å². The number of aryl methyl sites for hydroxylation is 1. The van der Waals surface area contributed by atoms with Gasteiger partial charge in [0.05, 0.1) is 10.9 Å². The van der Waals surface area contributed by atoms with Crippen LogP contribution in [0.4, 0.5) is 5.69 Å². The zero-order valence-corrected chi connectivity index (χ0v) is 19.6. The van der Waals surface area contributed by atoms with E-state index >= 15 is 0 Å². The Bertz CT molecular complexity index is 1500. The van der Waals surface area contributed by atoms with Crippen LogP contribution in [0.5, 0.6) is 0 Å². The van der Waals surface area contributed by atoms with Crippen LogP contribution in [0, 0.1) is 0 Å². The summed E-state index contributed by atoms with van der Waals surface area (Å²) in [6, 6.07) is 20.4. The third-order valence-electron chi connectivity index (χ3n) is 5.67. The summed E-state index contributed by atoms with van der Waals surface area (Å²) in [6.07, 6.45) is 2.19. The number of benzene rings is 3. The Morgan fingerprint density at radius 2 is 1.71 bits per heavy atom. The van der Waals surface area contributed by atoms with Gasteiger partial charge in [-0.3, -0.25) is 14.3 Å². The number of carbonyl (C=O) groups is 1. The van der Waals surface area contributed by atoms with E-state index in [2.05, 4.69) is 15.0 Å². The molecule has 4 aromatic rings. The van der Waals surface area contributed by atoms with E-state index < -0.39 is 21.4 Å². The number of nitrogens with one attached hydrogen (secondary N) is 3. The molecule has 1 atom stereocenters. The first-order valence-corrected chi connectivity index (χ1v) is 12.4. The maximum Gasteiger partial charge on any atom is 0.261 e. The lowest BCUT2D eigenvalue weighted by molar-refractivity contribution is 0.0938. The summed E-state index contributed by atoms with van der Waals surface area (Å²) in [5.74, 6) is -0.540. The smallest absolute Gasteiger partial charge is 0.261 e. The van der Waals surface area contributed by atoms with Crippen molar-refractivity contribution >= 4 is 32.5 Å². The second-order valence-electron chi connectivity index (χ2n) is 8.00. The molecular formula is C26H25N3O4S. The number of anilines is 1. The van der Waals surface area contributed by atoms with Gasteiger partial charge in [-0.2, -0.15) is 0 Å². The van der Waals surface area contributed by atoms with E-state index in [1.54, 1.807) is 12.1 Å². The monoisotopic (exact) mass is 475 g/mol. The first-order chi connectivity index (χ1) is 16.3. The molecule has 0 saturated heterocycles. The Balaban J connectivity index is 1.63. The van der Waals surface area contributed by atoms with Crippen LogP contribution < -0.4 is 15.5 Å². The van der Waals surface area contributed by atoms with Crippen LogP contribution in [-0.4, -0.2) is 19.3 Å². The summed E-state index contributed by atoms with van der Waals surface area (Å²) in [5, 5.41) is 2.93. The van der Waals surface area contributed by atoms with E-state index in [1.807, 2.05) is 56.3 Å². The molecule has 1 heterocycles. The van der Waals surface area contributed by atoms with Gasteiger partial charge in [0.1, 0.15) is 5.56 Å². The van der Waals surface area contributed by atoms with Gasteiger partial charge < -0.3 is 10.3 Å². The highest BCUT2D eigenvalue weighted by molar-refractivity contribution is 7.92. The number of carbonyl (C=O) groups excluding carboxylic acids is 1. The number of rotatable bonds is 7. The fourth-order valence-electron chi connectivity index (χ4n) is 3.66. The van der Waals surface area contributed by atoms with Gasteiger partial charge in [-0.1, -0.05) is 49.4 Å². The van der Waals surface area contributed by atoms with Crippen molar-refractivity contribution in [3.8, 4) is 0 Å². The molecule has 174 valence electrons. The van der Waals surface area contributed by atoms with Crippen LogP contribution >= 0.6 is 0 Å². The molecule has 0 aliphatic rings. The van der Waals surface area contributed by atoms with Gasteiger partial charge in [0.2, 0.25) is 5.43 Å². The number of pyridine rings is 1. The number of hydrogen-bond donors (Lipinski definition) is 3. The number of hydrogen-bond acceptors (Lipinski definition) is 4. The molecule has 1 aromatic heterocycles. The highest BCUT2D eigenvalue weighted by atomic mass is 32.2. The maximum atomic E-state index is 13.1. The average Bonchev–Trinajstić information content (AvgIpc) is 2.84. The zero-order valence-electron chi connectivity index (χ0n) is 18.8. The molecule has 0 saturated carbocycles. The van der Waals surface area contributed by atoms with Crippen LogP contribution in [0.1, 0.15) is 41.4 Å². The van der Waals surface area contributed by atoms with Gasteiger partial charge >= 0.3 is 0 Å². The molecule has 8 heteroatoms. The van der Waals surface area contributed by atoms with Crippen LogP contribution in [-0.2, 0) is 16.4 Å². The van der Waals surface area contributed by atoms with Crippen molar-refractivity contribution in [2.24, 2.45) is 0 Å². The predicted octanol–water partition coefficient (Wildman–Crippen LogP) is 4.38. The second kappa shape index (κ2) is 9.52. The maximum absolute atomic E-state index is 13.1.